The second-order valence-corrected chi connectivity index (χ2v) is 6.11. The van der Waals surface area contributed by atoms with Crippen LogP contribution >= 0.6 is 31.9 Å². The summed E-state index contributed by atoms with van der Waals surface area (Å²) < 4.78 is 15.2. The Labute approximate surface area is 133 Å². The number of nitrogens with one attached hydrogen (secondary N) is 1. The van der Waals surface area contributed by atoms with Crippen molar-refractivity contribution in [2.45, 2.75) is 13.0 Å². The first kappa shape index (κ1) is 15.2. The van der Waals surface area contributed by atoms with Gasteiger partial charge < -0.3 is 5.32 Å². The summed E-state index contributed by atoms with van der Waals surface area (Å²) in [5.74, 6) is -0.975. The average Bonchev–Trinajstić information content (AvgIpc) is 2.41. The fraction of sp³-hybridized carbons (Fsp3) is 0.133. The van der Waals surface area contributed by atoms with Crippen LogP contribution in [-0.4, -0.2) is 5.91 Å². The summed E-state index contributed by atoms with van der Waals surface area (Å²) in [7, 11) is 0. The molecule has 0 saturated heterocycles. The minimum absolute atomic E-state index is 0.0262. The van der Waals surface area contributed by atoms with Gasteiger partial charge in [-0.05, 0) is 36.8 Å². The Morgan fingerprint density at radius 2 is 1.90 bits per heavy atom. The van der Waals surface area contributed by atoms with Gasteiger partial charge in [0.25, 0.3) is 5.91 Å². The molecule has 0 aliphatic heterocycles. The maximum Gasteiger partial charge on any atom is 0.254 e. The topological polar surface area (TPSA) is 29.1 Å². The van der Waals surface area contributed by atoms with Crippen LogP contribution in [0, 0.1) is 5.82 Å². The normalized spacial score (nSPS) is 12.0. The van der Waals surface area contributed by atoms with E-state index in [4.69, 9.17) is 0 Å². The van der Waals surface area contributed by atoms with E-state index < -0.39 is 11.7 Å². The van der Waals surface area contributed by atoms with E-state index in [0.29, 0.717) is 4.47 Å². The molecule has 0 aromatic heterocycles. The van der Waals surface area contributed by atoms with Crippen LogP contribution in [0.1, 0.15) is 28.9 Å². The van der Waals surface area contributed by atoms with Gasteiger partial charge in [0.15, 0.2) is 0 Å². The zero-order valence-electron chi connectivity index (χ0n) is 10.7. The lowest BCUT2D eigenvalue weighted by Crippen LogP contribution is -2.27. The number of hydrogen-bond donors (Lipinski definition) is 1. The highest BCUT2D eigenvalue weighted by atomic mass is 79.9. The van der Waals surface area contributed by atoms with Gasteiger partial charge in [-0.1, -0.05) is 50.1 Å². The Balaban J connectivity index is 2.20. The van der Waals surface area contributed by atoms with E-state index in [2.05, 4.69) is 37.2 Å². The van der Waals surface area contributed by atoms with Crippen molar-refractivity contribution in [1.82, 2.24) is 5.32 Å². The molecule has 2 rings (SSSR count). The lowest BCUT2D eigenvalue weighted by Gasteiger charge is -2.16. The fourth-order valence-electron chi connectivity index (χ4n) is 1.85. The zero-order chi connectivity index (χ0) is 14.7. The van der Waals surface area contributed by atoms with Crippen LogP contribution in [0.3, 0.4) is 0 Å². The number of carbonyl (C=O) groups excluding carboxylic acids is 1. The van der Waals surface area contributed by atoms with Crippen LogP contribution in [0.4, 0.5) is 4.39 Å². The first-order valence-corrected chi connectivity index (χ1v) is 7.58. The van der Waals surface area contributed by atoms with Crippen molar-refractivity contribution in [3.05, 3.63) is 68.4 Å². The predicted octanol–water partition coefficient (Wildman–Crippen LogP) is 4.84. The molecule has 2 aromatic carbocycles. The van der Waals surface area contributed by atoms with Gasteiger partial charge in [-0.3, -0.25) is 4.79 Å². The summed E-state index contributed by atoms with van der Waals surface area (Å²) in [5, 5.41) is 2.79. The van der Waals surface area contributed by atoms with Crippen molar-refractivity contribution in [3.8, 4) is 0 Å². The smallest absolute Gasteiger partial charge is 0.254 e. The Bertz CT molecular complexity index is 646. The van der Waals surface area contributed by atoms with Gasteiger partial charge in [-0.15, -0.1) is 0 Å². The summed E-state index contributed by atoms with van der Waals surface area (Å²) in [5.41, 5.74) is 0.967. The first-order chi connectivity index (χ1) is 9.49. The molecule has 1 unspecified atom stereocenters. The quantitative estimate of drug-likeness (QED) is 0.784. The van der Waals surface area contributed by atoms with E-state index in [1.165, 1.54) is 12.1 Å². The molecule has 20 heavy (non-hydrogen) atoms. The molecular formula is C15H12Br2FNO. The molecule has 1 amide bonds. The second-order valence-electron chi connectivity index (χ2n) is 4.34. The number of benzene rings is 2. The van der Waals surface area contributed by atoms with Crippen LogP contribution < -0.4 is 5.32 Å². The highest BCUT2D eigenvalue weighted by molar-refractivity contribution is 9.10. The van der Waals surface area contributed by atoms with Gasteiger partial charge in [-0.2, -0.15) is 0 Å². The molecule has 0 fully saturated rings. The molecule has 5 heteroatoms. The Morgan fingerprint density at radius 3 is 2.60 bits per heavy atom. The number of rotatable bonds is 3. The van der Waals surface area contributed by atoms with Gasteiger partial charge in [-0.25, -0.2) is 4.39 Å². The molecule has 0 saturated carbocycles. The van der Waals surface area contributed by atoms with Crippen LogP contribution in [0.2, 0.25) is 0 Å². The largest absolute Gasteiger partial charge is 0.345 e. The number of carbonyl (C=O) groups is 1. The van der Waals surface area contributed by atoms with Crippen molar-refractivity contribution in [1.29, 1.82) is 0 Å². The monoisotopic (exact) mass is 399 g/mol. The molecule has 2 aromatic rings. The van der Waals surface area contributed by atoms with E-state index in [0.717, 1.165) is 10.0 Å². The minimum atomic E-state index is -0.537. The van der Waals surface area contributed by atoms with E-state index >= 15 is 0 Å². The maximum absolute atomic E-state index is 13.7. The lowest BCUT2D eigenvalue weighted by molar-refractivity contribution is 0.0935. The van der Waals surface area contributed by atoms with Crippen LogP contribution in [0.5, 0.6) is 0 Å². The van der Waals surface area contributed by atoms with Crippen molar-refractivity contribution >= 4 is 37.8 Å². The number of halogens is 3. The highest BCUT2D eigenvalue weighted by Crippen LogP contribution is 2.23. The third kappa shape index (κ3) is 3.46. The molecule has 104 valence electrons. The third-order valence-corrected chi connectivity index (χ3v) is 4.11. The van der Waals surface area contributed by atoms with Gasteiger partial charge in [0.1, 0.15) is 5.82 Å². The third-order valence-electron chi connectivity index (χ3n) is 2.89. The molecule has 2 nitrogen and oxygen atoms in total. The van der Waals surface area contributed by atoms with E-state index in [9.17, 15) is 9.18 Å². The molecular weight excluding hydrogens is 389 g/mol. The van der Waals surface area contributed by atoms with Gasteiger partial charge in [0.2, 0.25) is 0 Å². The molecule has 0 heterocycles. The number of hydrogen-bond acceptors (Lipinski definition) is 1. The maximum atomic E-state index is 13.7. The Kier molecular flexibility index (Phi) is 4.94. The van der Waals surface area contributed by atoms with Gasteiger partial charge in [0, 0.05) is 8.95 Å². The van der Waals surface area contributed by atoms with Crippen molar-refractivity contribution < 1.29 is 9.18 Å². The molecule has 1 N–H and O–H groups in total. The summed E-state index contributed by atoms with van der Waals surface area (Å²) in [4.78, 5) is 12.1. The standard InChI is InChI=1S/C15H12Br2FNO/c1-9(11-4-2-3-5-13(11)17)19-15(20)12-8-10(16)6-7-14(12)18/h2-9H,1H3,(H,19,20). The van der Waals surface area contributed by atoms with Crippen LogP contribution in [-0.2, 0) is 0 Å². The Hall–Kier alpha value is -1.20. The lowest BCUT2D eigenvalue weighted by atomic mass is 10.1. The summed E-state index contributed by atoms with van der Waals surface area (Å²) in [6.07, 6.45) is 0. The molecule has 0 radical (unpaired) electrons. The predicted molar refractivity (Wildman–Crippen MR) is 84.1 cm³/mol. The van der Waals surface area contributed by atoms with E-state index in [1.54, 1.807) is 6.07 Å². The zero-order valence-corrected chi connectivity index (χ0v) is 13.8. The average molecular weight is 401 g/mol. The number of amides is 1. The van der Waals surface area contributed by atoms with Crippen molar-refractivity contribution in [3.63, 3.8) is 0 Å². The van der Waals surface area contributed by atoms with Crippen molar-refractivity contribution in [2.75, 3.05) is 0 Å². The minimum Gasteiger partial charge on any atom is -0.345 e. The van der Waals surface area contributed by atoms with Gasteiger partial charge >= 0.3 is 0 Å². The van der Waals surface area contributed by atoms with E-state index in [-0.39, 0.29) is 11.6 Å². The Morgan fingerprint density at radius 1 is 1.20 bits per heavy atom. The molecule has 0 bridgehead atoms. The van der Waals surface area contributed by atoms with E-state index in [1.807, 2.05) is 31.2 Å². The molecule has 1 atom stereocenters. The SMILES string of the molecule is CC(NC(=O)c1cc(Br)ccc1F)c1ccccc1Br. The molecule has 0 spiro atoms. The van der Waals surface area contributed by atoms with Crippen molar-refractivity contribution in [2.24, 2.45) is 0 Å². The fourth-order valence-corrected chi connectivity index (χ4v) is 2.84. The highest BCUT2D eigenvalue weighted by Gasteiger charge is 2.16. The molecule has 0 aliphatic rings. The van der Waals surface area contributed by atoms with Crippen LogP contribution in [0.25, 0.3) is 0 Å². The first-order valence-electron chi connectivity index (χ1n) is 5.99. The summed E-state index contributed by atoms with van der Waals surface area (Å²) >= 11 is 6.67. The van der Waals surface area contributed by atoms with Crippen LogP contribution in [0.15, 0.2) is 51.4 Å². The second kappa shape index (κ2) is 6.50. The molecule has 0 aliphatic carbocycles. The summed E-state index contributed by atoms with van der Waals surface area (Å²) in [6, 6.07) is 11.7. The summed E-state index contributed by atoms with van der Waals surface area (Å²) in [6.45, 7) is 1.86. The van der Waals surface area contributed by atoms with Gasteiger partial charge in [0.05, 0.1) is 11.6 Å².